The zero-order chi connectivity index (χ0) is 25.4. The molecule has 9 heteroatoms. The quantitative estimate of drug-likeness (QED) is 0.320. The summed E-state index contributed by atoms with van der Waals surface area (Å²) in [6.07, 6.45) is 6.58. The number of benzene rings is 2. The largest absolute Gasteiger partial charge is 0.295 e. The van der Waals surface area contributed by atoms with Crippen molar-refractivity contribution in [2.45, 2.75) is 25.8 Å². The van der Waals surface area contributed by atoms with Gasteiger partial charge in [-0.1, -0.05) is 54.6 Å². The lowest BCUT2D eigenvalue weighted by molar-refractivity contribution is -0.517. The molecule has 2 N–H and O–H groups in total. The predicted octanol–water partition coefficient (Wildman–Crippen LogP) is 3.78. The van der Waals surface area contributed by atoms with Gasteiger partial charge in [0.1, 0.15) is 0 Å². The van der Waals surface area contributed by atoms with Gasteiger partial charge in [0, 0.05) is 33.4 Å². The van der Waals surface area contributed by atoms with E-state index in [1.807, 2.05) is 36.4 Å². The molecule has 0 aliphatic heterocycles. The Morgan fingerprint density at radius 1 is 0.778 bits per heavy atom. The number of hydrogen-bond acceptors (Lipinski definition) is 4. The van der Waals surface area contributed by atoms with Gasteiger partial charge in [-0.25, -0.2) is 9.36 Å². The smallest absolute Gasteiger partial charge is 0.275 e. The molecule has 0 fully saturated rings. The van der Waals surface area contributed by atoms with Crippen LogP contribution in [-0.2, 0) is 0 Å². The third kappa shape index (κ3) is 3.84. The van der Waals surface area contributed by atoms with E-state index >= 15 is 0 Å². The van der Waals surface area contributed by atoms with Gasteiger partial charge >= 0.3 is 0 Å². The summed E-state index contributed by atoms with van der Waals surface area (Å²) in [4.78, 5) is 39.3. The molecule has 182 valence electrons. The number of nitrogens with one attached hydrogen (secondary N) is 2. The van der Waals surface area contributed by atoms with E-state index in [4.69, 9.17) is 0 Å². The lowest BCUT2D eigenvalue weighted by Crippen LogP contribution is -2.36. The van der Waals surface area contributed by atoms with Crippen molar-refractivity contribution in [1.82, 2.24) is 19.6 Å². The van der Waals surface area contributed by atoms with Crippen LogP contribution in [0.4, 0.5) is 0 Å². The minimum absolute atomic E-state index is 0.329. The molecule has 9 nitrogen and oxygen atoms in total. The molecule has 0 unspecified atom stereocenters. The van der Waals surface area contributed by atoms with Gasteiger partial charge in [-0.15, -0.1) is 0 Å². The number of para-hydroxylation sites is 2. The second kappa shape index (κ2) is 9.18. The number of rotatable bonds is 6. The summed E-state index contributed by atoms with van der Waals surface area (Å²) in [5.41, 5.74) is 2.32. The maximum atomic E-state index is 13.8. The predicted molar refractivity (Wildman–Crippen MR) is 137 cm³/mol. The van der Waals surface area contributed by atoms with Crippen molar-refractivity contribution in [2.75, 3.05) is 0 Å². The number of nitrogens with zero attached hydrogens (tertiary/aromatic N) is 3. The molecule has 2 atom stereocenters. The molecule has 2 aromatic heterocycles. The van der Waals surface area contributed by atoms with Crippen molar-refractivity contribution in [2.24, 2.45) is 5.92 Å². The highest BCUT2D eigenvalue weighted by atomic mass is 16.6. The summed E-state index contributed by atoms with van der Waals surface area (Å²) in [5.74, 6) is -1.60. The van der Waals surface area contributed by atoms with Crippen LogP contribution in [0, 0.1) is 29.9 Å². The monoisotopic (exact) mass is 483 g/mol. The van der Waals surface area contributed by atoms with Crippen LogP contribution >= 0.6 is 0 Å². The highest BCUT2D eigenvalue weighted by Crippen LogP contribution is 2.37. The maximum Gasteiger partial charge on any atom is 0.275 e. The first-order valence-electron chi connectivity index (χ1n) is 11.6. The van der Waals surface area contributed by atoms with E-state index in [-0.39, 0.29) is 16.0 Å². The van der Waals surface area contributed by atoms with Gasteiger partial charge in [0.05, 0.1) is 17.3 Å². The van der Waals surface area contributed by atoms with Crippen LogP contribution in [0.3, 0.4) is 0 Å². The lowest BCUT2D eigenvalue weighted by atomic mass is 9.75. The van der Waals surface area contributed by atoms with E-state index in [1.54, 1.807) is 56.3 Å². The maximum absolute atomic E-state index is 13.8. The SMILES string of the molecule is Cc1[nH]n(-c2ccccc2)c(=O)c1C(c1c(C)[nH]n(-c2ccccc2)c1=O)[C@@H]1C=CC=C[C@@H]1[N+](=O)[O-]. The second-order valence-corrected chi connectivity index (χ2v) is 8.85. The summed E-state index contributed by atoms with van der Waals surface area (Å²) >= 11 is 0. The minimum atomic E-state index is -1.10. The van der Waals surface area contributed by atoms with Crippen molar-refractivity contribution in [1.29, 1.82) is 0 Å². The zero-order valence-corrected chi connectivity index (χ0v) is 19.8. The normalized spacial score (nSPS) is 17.1. The third-order valence-corrected chi connectivity index (χ3v) is 6.66. The summed E-state index contributed by atoms with van der Waals surface area (Å²) in [6, 6.07) is 17.1. The molecule has 0 saturated heterocycles. The lowest BCUT2D eigenvalue weighted by Gasteiger charge is -2.26. The fourth-order valence-electron chi connectivity index (χ4n) is 5.03. The molecule has 2 aromatic carbocycles. The number of hydrogen-bond donors (Lipinski definition) is 2. The highest BCUT2D eigenvalue weighted by Gasteiger charge is 2.42. The average Bonchev–Trinajstić information content (AvgIpc) is 3.36. The number of aryl methyl sites for hydroxylation is 2. The van der Waals surface area contributed by atoms with Gasteiger partial charge in [-0.3, -0.25) is 29.9 Å². The number of nitro groups is 1. The molecule has 0 amide bonds. The second-order valence-electron chi connectivity index (χ2n) is 8.85. The van der Waals surface area contributed by atoms with Crippen molar-refractivity contribution in [3.8, 4) is 11.4 Å². The topological polar surface area (TPSA) is 119 Å². The van der Waals surface area contributed by atoms with Gasteiger partial charge < -0.3 is 0 Å². The van der Waals surface area contributed by atoms with Crippen molar-refractivity contribution in [3.05, 3.63) is 138 Å². The van der Waals surface area contributed by atoms with Crippen molar-refractivity contribution in [3.63, 3.8) is 0 Å². The van der Waals surface area contributed by atoms with Gasteiger partial charge in [-0.2, -0.15) is 0 Å². The highest BCUT2D eigenvalue weighted by molar-refractivity contribution is 5.43. The van der Waals surface area contributed by atoms with E-state index in [0.717, 1.165) is 0 Å². The van der Waals surface area contributed by atoms with Crippen LogP contribution < -0.4 is 11.1 Å². The molecule has 1 aliphatic carbocycles. The first kappa shape index (κ1) is 23.1. The van der Waals surface area contributed by atoms with Crippen LogP contribution in [-0.4, -0.2) is 30.5 Å². The number of aromatic nitrogens is 4. The standard InChI is InChI=1S/C27H25N5O4/c1-17-23(26(33)30(28-17)19-11-5-3-6-12-19)25(21-15-9-10-16-22(21)32(35)36)24-18(2)29-31(27(24)34)20-13-7-4-8-14-20/h3-16,21-22,25,28-29H,1-2H3/t21-,22+/m1/s1. The molecular formula is C27H25N5O4. The van der Waals surface area contributed by atoms with Crippen LogP contribution in [0.25, 0.3) is 11.4 Å². The zero-order valence-electron chi connectivity index (χ0n) is 19.8. The Labute approximate surface area is 206 Å². The van der Waals surface area contributed by atoms with Crippen LogP contribution in [0.1, 0.15) is 28.4 Å². The Morgan fingerprint density at radius 3 is 1.67 bits per heavy atom. The van der Waals surface area contributed by atoms with Gasteiger partial charge in [0.15, 0.2) is 0 Å². The summed E-state index contributed by atoms with van der Waals surface area (Å²) < 4.78 is 2.83. The third-order valence-electron chi connectivity index (χ3n) is 6.66. The van der Waals surface area contributed by atoms with Crippen molar-refractivity contribution < 1.29 is 4.92 Å². The molecular weight excluding hydrogens is 458 g/mol. The Morgan fingerprint density at radius 2 is 1.22 bits per heavy atom. The van der Waals surface area contributed by atoms with E-state index in [2.05, 4.69) is 10.2 Å². The number of aromatic amines is 2. The molecule has 1 aliphatic rings. The van der Waals surface area contributed by atoms with E-state index in [9.17, 15) is 19.7 Å². The van der Waals surface area contributed by atoms with Crippen LogP contribution in [0.5, 0.6) is 0 Å². The van der Waals surface area contributed by atoms with Crippen LogP contribution in [0.15, 0.2) is 94.6 Å². The van der Waals surface area contributed by atoms with E-state index < -0.39 is 17.9 Å². The van der Waals surface area contributed by atoms with Gasteiger partial charge in [0.25, 0.3) is 11.1 Å². The molecule has 36 heavy (non-hydrogen) atoms. The first-order valence-corrected chi connectivity index (χ1v) is 11.6. The van der Waals surface area contributed by atoms with E-state index in [1.165, 1.54) is 15.4 Å². The molecule has 2 heterocycles. The minimum Gasteiger partial charge on any atom is -0.295 e. The summed E-state index contributed by atoms with van der Waals surface area (Å²) in [7, 11) is 0. The average molecular weight is 484 g/mol. The van der Waals surface area contributed by atoms with Crippen molar-refractivity contribution >= 4 is 0 Å². The Bertz CT molecular complexity index is 1490. The number of allylic oxidation sites excluding steroid dienone is 2. The summed E-state index contributed by atoms with van der Waals surface area (Å²) in [5, 5.41) is 18.3. The Kier molecular flexibility index (Phi) is 5.89. The molecule has 0 bridgehead atoms. The molecule has 0 spiro atoms. The molecule has 0 saturated carbocycles. The summed E-state index contributed by atoms with van der Waals surface area (Å²) in [6.45, 7) is 3.51. The fraction of sp³-hybridized carbons (Fsp3) is 0.185. The molecule has 0 radical (unpaired) electrons. The Hall–Kier alpha value is -4.66. The molecule has 5 rings (SSSR count). The van der Waals surface area contributed by atoms with Crippen LogP contribution in [0.2, 0.25) is 0 Å². The van der Waals surface area contributed by atoms with Gasteiger partial charge in [0.2, 0.25) is 6.04 Å². The van der Waals surface area contributed by atoms with E-state index in [0.29, 0.717) is 33.9 Å². The Balaban J connectivity index is 1.77. The first-order chi connectivity index (χ1) is 17.4. The molecule has 4 aromatic rings. The van der Waals surface area contributed by atoms with Gasteiger partial charge in [-0.05, 0) is 44.2 Å². The fourth-order valence-corrected chi connectivity index (χ4v) is 5.03. The number of H-pyrrole nitrogens is 2.